The molecule has 0 spiro atoms. The van der Waals surface area contributed by atoms with Gasteiger partial charge in [0.25, 0.3) is 0 Å². The highest BCUT2D eigenvalue weighted by Crippen LogP contribution is 2.28. The summed E-state index contributed by atoms with van der Waals surface area (Å²) in [5, 5.41) is 4.69. The van der Waals surface area contributed by atoms with Crippen molar-refractivity contribution in [3.8, 4) is 0 Å². The molecule has 0 bridgehead atoms. The van der Waals surface area contributed by atoms with Gasteiger partial charge >= 0.3 is 0 Å². The zero-order chi connectivity index (χ0) is 18.1. The maximum Gasteiger partial charge on any atom is 0.214 e. The number of sulfonamides is 1. The molecule has 142 valence electrons. The molecule has 2 aliphatic rings. The molecule has 4 rings (SSSR count). The predicted molar refractivity (Wildman–Crippen MR) is 102 cm³/mol. The number of aromatic nitrogens is 3. The Kier molecular flexibility index (Phi) is 4.88. The minimum absolute atomic E-state index is 0.0746. The first-order valence-electron chi connectivity index (χ1n) is 9.66. The number of piperidine rings is 1. The van der Waals surface area contributed by atoms with Crippen molar-refractivity contribution in [2.24, 2.45) is 0 Å². The van der Waals surface area contributed by atoms with E-state index in [0.29, 0.717) is 19.5 Å². The van der Waals surface area contributed by atoms with Gasteiger partial charge in [0.15, 0.2) is 11.5 Å². The highest BCUT2D eigenvalue weighted by atomic mass is 32.2. The van der Waals surface area contributed by atoms with Gasteiger partial charge in [-0.05, 0) is 44.2 Å². The highest BCUT2D eigenvalue weighted by Gasteiger charge is 2.31. The van der Waals surface area contributed by atoms with E-state index in [-0.39, 0.29) is 11.7 Å². The SMILES string of the molecule is CCCS(=O)(=O)N1CCCC(c2nc3ccc(N4CCCC4)cn3n2)C1. The summed E-state index contributed by atoms with van der Waals surface area (Å²) >= 11 is 0. The first-order chi connectivity index (χ1) is 12.6. The van der Waals surface area contributed by atoms with E-state index in [0.717, 1.165) is 37.4 Å². The van der Waals surface area contributed by atoms with Crippen LogP contribution in [0.5, 0.6) is 0 Å². The van der Waals surface area contributed by atoms with Crippen LogP contribution in [0.2, 0.25) is 0 Å². The van der Waals surface area contributed by atoms with Crippen molar-refractivity contribution in [2.75, 3.05) is 36.8 Å². The van der Waals surface area contributed by atoms with Crippen LogP contribution >= 0.6 is 0 Å². The van der Waals surface area contributed by atoms with Gasteiger partial charge in [0.2, 0.25) is 10.0 Å². The fourth-order valence-corrected chi connectivity index (χ4v) is 5.61. The number of nitrogens with zero attached hydrogens (tertiary/aromatic N) is 5. The summed E-state index contributed by atoms with van der Waals surface area (Å²) in [6, 6.07) is 4.12. The number of pyridine rings is 1. The van der Waals surface area contributed by atoms with Crippen LogP contribution in [0.15, 0.2) is 18.3 Å². The van der Waals surface area contributed by atoms with E-state index >= 15 is 0 Å². The van der Waals surface area contributed by atoms with Crippen molar-refractivity contribution >= 4 is 21.4 Å². The minimum Gasteiger partial charge on any atom is -0.370 e. The second kappa shape index (κ2) is 7.15. The lowest BCUT2D eigenvalue weighted by atomic mass is 9.99. The molecule has 0 N–H and O–H groups in total. The van der Waals surface area contributed by atoms with Crippen LogP contribution in [-0.4, -0.2) is 59.3 Å². The largest absolute Gasteiger partial charge is 0.370 e. The van der Waals surface area contributed by atoms with Crippen molar-refractivity contribution in [2.45, 2.75) is 44.9 Å². The number of rotatable bonds is 5. The van der Waals surface area contributed by atoms with Crippen LogP contribution in [0.25, 0.3) is 5.65 Å². The van der Waals surface area contributed by atoms with Crippen molar-refractivity contribution in [1.29, 1.82) is 0 Å². The van der Waals surface area contributed by atoms with E-state index in [9.17, 15) is 8.42 Å². The third-order valence-corrected chi connectivity index (χ3v) is 7.45. The molecule has 2 aromatic heterocycles. The van der Waals surface area contributed by atoms with Gasteiger partial charge in [-0.3, -0.25) is 0 Å². The maximum atomic E-state index is 12.4. The fraction of sp³-hybridized carbons (Fsp3) is 0.667. The summed E-state index contributed by atoms with van der Waals surface area (Å²) in [4.78, 5) is 7.05. The van der Waals surface area contributed by atoms with Crippen LogP contribution in [-0.2, 0) is 10.0 Å². The monoisotopic (exact) mass is 377 g/mol. The van der Waals surface area contributed by atoms with Gasteiger partial charge in [0.05, 0.1) is 17.6 Å². The van der Waals surface area contributed by atoms with Crippen LogP contribution in [0.1, 0.15) is 50.8 Å². The van der Waals surface area contributed by atoms with E-state index in [2.05, 4.69) is 21.0 Å². The molecule has 0 amide bonds. The van der Waals surface area contributed by atoms with Gasteiger partial charge in [-0.25, -0.2) is 22.2 Å². The molecule has 2 saturated heterocycles. The van der Waals surface area contributed by atoms with Crippen molar-refractivity contribution < 1.29 is 8.42 Å². The molecule has 2 aliphatic heterocycles. The molecule has 8 heteroatoms. The maximum absolute atomic E-state index is 12.4. The summed E-state index contributed by atoms with van der Waals surface area (Å²) in [6.45, 7) is 5.21. The van der Waals surface area contributed by atoms with Gasteiger partial charge in [-0.15, -0.1) is 0 Å². The van der Waals surface area contributed by atoms with Gasteiger partial charge < -0.3 is 4.90 Å². The zero-order valence-electron chi connectivity index (χ0n) is 15.3. The average Bonchev–Trinajstić information content (AvgIpc) is 3.31. The minimum atomic E-state index is -3.16. The number of hydrogen-bond donors (Lipinski definition) is 0. The summed E-state index contributed by atoms with van der Waals surface area (Å²) < 4.78 is 28.3. The number of anilines is 1. The second-order valence-electron chi connectivity index (χ2n) is 7.37. The zero-order valence-corrected chi connectivity index (χ0v) is 16.2. The van der Waals surface area contributed by atoms with E-state index < -0.39 is 10.0 Å². The molecule has 1 atom stereocenters. The molecule has 0 radical (unpaired) electrons. The van der Waals surface area contributed by atoms with Gasteiger partial charge in [0.1, 0.15) is 0 Å². The Hall–Kier alpha value is -1.67. The summed E-state index contributed by atoms with van der Waals surface area (Å²) in [5.74, 6) is 1.06. The van der Waals surface area contributed by atoms with Crippen molar-refractivity contribution in [3.63, 3.8) is 0 Å². The molecule has 0 aromatic carbocycles. The number of hydrogen-bond acceptors (Lipinski definition) is 5. The van der Waals surface area contributed by atoms with Crippen LogP contribution in [0.4, 0.5) is 5.69 Å². The summed E-state index contributed by atoms with van der Waals surface area (Å²) in [7, 11) is -3.16. The Balaban J connectivity index is 1.56. The predicted octanol–water partition coefficient (Wildman–Crippen LogP) is 2.25. The standard InChI is InChI=1S/C18H27N5O2S/c1-2-12-26(24,25)22-11-5-6-15(13-22)18-19-17-8-7-16(14-23(17)20-18)21-9-3-4-10-21/h7-8,14-15H,2-6,9-13H2,1H3. The molecular formula is C18H27N5O2S. The highest BCUT2D eigenvalue weighted by molar-refractivity contribution is 7.89. The first kappa shape index (κ1) is 17.7. The Morgan fingerprint density at radius 3 is 2.73 bits per heavy atom. The van der Waals surface area contributed by atoms with Crippen molar-refractivity contribution in [1.82, 2.24) is 18.9 Å². The quantitative estimate of drug-likeness (QED) is 0.799. The van der Waals surface area contributed by atoms with Gasteiger partial charge in [-0.1, -0.05) is 6.92 Å². The lowest BCUT2D eigenvalue weighted by Gasteiger charge is -2.30. The smallest absolute Gasteiger partial charge is 0.214 e. The number of fused-ring (bicyclic) bond motifs is 1. The molecule has 4 heterocycles. The molecule has 2 aromatic rings. The van der Waals surface area contributed by atoms with Crippen LogP contribution in [0.3, 0.4) is 0 Å². The van der Waals surface area contributed by atoms with Gasteiger partial charge in [-0.2, -0.15) is 5.10 Å². The Morgan fingerprint density at radius 1 is 1.15 bits per heavy atom. The normalized spacial score (nSPS) is 22.3. The third kappa shape index (κ3) is 3.44. The molecular weight excluding hydrogens is 350 g/mol. The Morgan fingerprint density at radius 2 is 1.96 bits per heavy atom. The first-order valence-corrected chi connectivity index (χ1v) is 11.3. The van der Waals surface area contributed by atoms with E-state index in [4.69, 9.17) is 0 Å². The van der Waals surface area contributed by atoms with E-state index in [1.807, 2.05) is 23.7 Å². The van der Waals surface area contributed by atoms with Crippen molar-refractivity contribution in [3.05, 3.63) is 24.2 Å². The molecule has 0 aliphatic carbocycles. The third-order valence-electron chi connectivity index (χ3n) is 5.41. The lowest BCUT2D eigenvalue weighted by Crippen LogP contribution is -2.40. The van der Waals surface area contributed by atoms with E-state index in [1.165, 1.54) is 18.5 Å². The average molecular weight is 378 g/mol. The lowest BCUT2D eigenvalue weighted by molar-refractivity contribution is 0.309. The molecule has 26 heavy (non-hydrogen) atoms. The Labute approximate surface area is 155 Å². The second-order valence-corrected chi connectivity index (χ2v) is 9.46. The summed E-state index contributed by atoms with van der Waals surface area (Å²) in [6.07, 6.45) is 6.98. The topological polar surface area (TPSA) is 70.8 Å². The molecule has 0 saturated carbocycles. The summed E-state index contributed by atoms with van der Waals surface area (Å²) in [5.41, 5.74) is 2.01. The fourth-order valence-electron chi connectivity index (χ4n) is 4.02. The van der Waals surface area contributed by atoms with Crippen LogP contribution < -0.4 is 4.90 Å². The van der Waals surface area contributed by atoms with Gasteiger partial charge in [0, 0.05) is 32.1 Å². The van der Waals surface area contributed by atoms with E-state index in [1.54, 1.807) is 4.31 Å². The Bertz CT molecular complexity index is 873. The van der Waals surface area contributed by atoms with Crippen LogP contribution in [0, 0.1) is 0 Å². The molecule has 2 fully saturated rings. The molecule has 1 unspecified atom stereocenters. The molecule has 7 nitrogen and oxygen atoms in total.